The number of benzene rings is 1. The Bertz CT molecular complexity index is 697. The highest BCUT2D eigenvalue weighted by molar-refractivity contribution is 9.10. The molecule has 0 saturated carbocycles. The second-order valence-electron chi connectivity index (χ2n) is 4.15. The first-order valence-electron chi connectivity index (χ1n) is 5.36. The Morgan fingerprint density at radius 2 is 1.95 bits per heavy atom. The van der Waals surface area contributed by atoms with Crippen molar-refractivity contribution in [3.05, 3.63) is 32.6 Å². The van der Waals surface area contributed by atoms with Crippen molar-refractivity contribution >= 4 is 67.3 Å². The maximum Gasteiger partial charge on any atom is 0.264 e. The summed E-state index contributed by atoms with van der Waals surface area (Å²) in [5.41, 5.74) is 2.82. The number of amides is 2. The zero-order valence-electron chi connectivity index (χ0n) is 9.67. The highest BCUT2D eigenvalue weighted by Crippen LogP contribution is 2.42. The van der Waals surface area contributed by atoms with Crippen molar-refractivity contribution in [3.63, 3.8) is 0 Å². The molecule has 0 aliphatic carbocycles. The minimum atomic E-state index is -0.314. The lowest BCUT2D eigenvalue weighted by atomic mass is 10.0. The molecule has 4 nitrogen and oxygen atoms in total. The van der Waals surface area contributed by atoms with Crippen molar-refractivity contribution in [1.29, 1.82) is 0 Å². The van der Waals surface area contributed by atoms with Gasteiger partial charge in [-0.1, -0.05) is 39.9 Å². The van der Waals surface area contributed by atoms with Gasteiger partial charge in [-0.2, -0.15) is 0 Å². The van der Waals surface area contributed by atoms with E-state index in [-0.39, 0.29) is 11.8 Å². The van der Waals surface area contributed by atoms with E-state index in [9.17, 15) is 9.59 Å². The van der Waals surface area contributed by atoms with Crippen LogP contribution < -0.4 is 10.6 Å². The highest BCUT2D eigenvalue weighted by atomic mass is 79.9. The zero-order chi connectivity index (χ0) is 13.7. The van der Waals surface area contributed by atoms with Crippen LogP contribution in [0.2, 0.25) is 0 Å². The quantitative estimate of drug-likeness (QED) is 0.555. The van der Waals surface area contributed by atoms with E-state index in [4.69, 9.17) is 12.2 Å². The number of rotatable bonds is 0. The number of nitrogens with one attached hydrogen (secondary N) is 2. The molecule has 2 heterocycles. The van der Waals surface area contributed by atoms with E-state index in [0.717, 1.165) is 33.0 Å². The van der Waals surface area contributed by atoms with E-state index in [2.05, 4.69) is 26.6 Å². The first-order chi connectivity index (χ1) is 8.97. The lowest BCUT2D eigenvalue weighted by Gasteiger charge is -2.04. The molecule has 3 rings (SSSR count). The van der Waals surface area contributed by atoms with Crippen molar-refractivity contribution < 1.29 is 9.59 Å². The zero-order valence-corrected chi connectivity index (χ0v) is 12.9. The number of anilines is 1. The number of thiocarbonyl (C=S) groups is 1. The first-order valence-corrected chi connectivity index (χ1v) is 7.38. The summed E-state index contributed by atoms with van der Waals surface area (Å²) in [4.78, 5) is 24.3. The van der Waals surface area contributed by atoms with Crippen LogP contribution in [0.15, 0.2) is 21.5 Å². The van der Waals surface area contributed by atoms with Crippen LogP contribution in [-0.4, -0.2) is 16.1 Å². The summed E-state index contributed by atoms with van der Waals surface area (Å²) in [5, 5.41) is 5.33. The van der Waals surface area contributed by atoms with Gasteiger partial charge >= 0.3 is 0 Å². The molecule has 7 heteroatoms. The van der Waals surface area contributed by atoms with Crippen molar-refractivity contribution in [2.75, 3.05) is 5.32 Å². The van der Waals surface area contributed by atoms with Crippen molar-refractivity contribution in [2.45, 2.75) is 6.92 Å². The van der Waals surface area contributed by atoms with E-state index in [1.807, 2.05) is 19.1 Å². The number of hydrogen-bond donors (Lipinski definition) is 2. The molecule has 1 aromatic rings. The molecule has 19 heavy (non-hydrogen) atoms. The molecule has 1 fully saturated rings. The summed E-state index contributed by atoms with van der Waals surface area (Å²) >= 11 is 9.48. The van der Waals surface area contributed by atoms with E-state index >= 15 is 0 Å². The van der Waals surface area contributed by atoms with Crippen molar-refractivity contribution in [2.24, 2.45) is 0 Å². The number of thioether (sulfide) groups is 1. The Kier molecular flexibility index (Phi) is 2.99. The van der Waals surface area contributed by atoms with E-state index in [1.165, 1.54) is 0 Å². The van der Waals surface area contributed by atoms with E-state index in [0.29, 0.717) is 14.8 Å². The second kappa shape index (κ2) is 4.43. The highest BCUT2D eigenvalue weighted by Gasteiger charge is 2.35. The summed E-state index contributed by atoms with van der Waals surface area (Å²) < 4.78 is 1.24. The molecule has 0 aromatic heterocycles. The van der Waals surface area contributed by atoms with Gasteiger partial charge in [0.25, 0.3) is 11.8 Å². The Hall–Kier alpha value is -1.18. The SMILES string of the molecule is Cc1cc(Br)cc2c1NC(=O)/C2=C1\SC(=S)NC1=O. The Morgan fingerprint density at radius 1 is 1.21 bits per heavy atom. The van der Waals surface area contributed by atoms with Gasteiger partial charge in [0.2, 0.25) is 0 Å². The predicted octanol–water partition coefficient (Wildman–Crippen LogP) is 2.57. The van der Waals surface area contributed by atoms with Gasteiger partial charge in [-0.05, 0) is 24.6 Å². The molecular weight excluding hydrogens is 348 g/mol. The number of aryl methyl sites for hydroxylation is 1. The number of carbonyl (C=O) groups excluding carboxylic acids is 2. The fourth-order valence-corrected chi connectivity index (χ4v) is 3.80. The molecule has 0 unspecified atom stereocenters. The van der Waals surface area contributed by atoms with Crippen LogP contribution in [0.4, 0.5) is 5.69 Å². The largest absolute Gasteiger partial charge is 0.321 e. The normalized spacial score (nSPS) is 21.5. The van der Waals surface area contributed by atoms with Crippen LogP contribution in [0.1, 0.15) is 11.1 Å². The summed E-state index contributed by atoms with van der Waals surface area (Å²) in [6.07, 6.45) is 0. The lowest BCUT2D eigenvalue weighted by molar-refractivity contribution is -0.115. The maximum atomic E-state index is 12.1. The summed E-state index contributed by atoms with van der Waals surface area (Å²) in [6, 6.07) is 3.75. The van der Waals surface area contributed by atoms with E-state index < -0.39 is 0 Å². The van der Waals surface area contributed by atoms with Crippen LogP contribution >= 0.6 is 39.9 Å². The smallest absolute Gasteiger partial charge is 0.264 e. The number of fused-ring (bicyclic) bond motifs is 1. The van der Waals surface area contributed by atoms with Crippen molar-refractivity contribution in [3.8, 4) is 0 Å². The van der Waals surface area contributed by atoms with Gasteiger partial charge in [0.1, 0.15) is 4.32 Å². The molecule has 0 radical (unpaired) electrons. The average Bonchev–Trinajstić information content (AvgIpc) is 2.78. The molecule has 0 bridgehead atoms. The molecule has 2 N–H and O–H groups in total. The predicted molar refractivity (Wildman–Crippen MR) is 82.8 cm³/mol. The molecule has 0 spiro atoms. The van der Waals surface area contributed by atoms with Gasteiger partial charge in [0, 0.05) is 10.0 Å². The fraction of sp³-hybridized carbons (Fsp3) is 0.0833. The van der Waals surface area contributed by atoms with Gasteiger partial charge in [0.05, 0.1) is 16.2 Å². The number of carbonyl (C=O) groups is 2. The molecule has 1 aromatic carbocycles. The van der Waals surface area contributed by atoms with Crippen LogP contribution in [0, 0.1) is 6.92 Å². The topological polar surface area (TPSA) is 58.2 Å². The van der Waals surface area contributed by atoms with Gasteiger partial charge in [-0.3, -0.25) is 9.59 Å². The van der Waals surface area contributed by atoms with Gasteiger partial charge < -0.3 is 10.6 Å². The molecule has 2 amide bonds. The lowest BCUT2D eigenvalue weighted by Crippen LogP contribution is -2.19. The summed E-state index contributed by atoms with van der Waals surface area (Å²) in [5.74, 6) is -0.579. The number of hydrogen-bond acceptors (Lipinski definition) is 4. The standard InChI is InChI=1S/C12H7BrN2O2S2/c1-4-2-5(13)3-6-7(10(16)14-8(4)6)9-11(17)15-12(18)19-9/h2-3H,1H3,(H,14,16)(H,15,17,18)/b9-7-. The summed E-state index contributed by atoms with van der Waals surface area (Å²) in [7, 11) is 0. The first kappa shape index (κ1) is 12.8. The van der Waals surface area contributed by atoms with Gasteiger partial charge in [-0.25, -0.2) is 0 Å². The van der Waals surface area contributed by atoms with E-state index in [1.54, 1.807) is 0 Å². The molecule has 2 aliphatic heterocycles. The van der Waals surface area contributed by atoms with Crippen molar-refractivity contribution in [1.82, 2.24) is 5.32 Å². The van der Waals surface area contributed by atoms with Gasteiger partial charge in [-0.15, -0.1) is 0 Å². The molecular formula is C12H7BrN2O2S2. The Labute approximate surface area is 127 Å². The van der Waals surface area contributed by atoms with Crippen LogP contribution in [0.5, 0.6) is 0 Å². The minimum Gasteiger partial charge on any atom is -0.321 e. The molecule has 96 valence electrons. The minimum absolute atomic E-state index is 0.265. The summed E-state index contributed by atoms with van der Waals surface area (Å²) in [6.45, 7) is 1.91. The second-order valence-corrected chi connectivity index (χ2v) is 6.75. The van der Waals surface area contributed by atoms with Crippen LogP contribution in [0.25, 0.3) is 5.57 Å². The molecule has 2 aliphatic rings. The van der Waals surface area contributed by atoms with Gasteiger partial charge in [0.15, 0.2) is 0 Å². The average molecular weight is 355 g/mol. The maximum absolute atomic E-state index is 12.1. The van der Waals surface area contributed by atoms with Crippen LogP contribution in [0.3, 0.4) is 0 Å². The third-order valence-corrected chi connectivity index (χ3v) is 4.57. The third kappa shape index (κ3) is 2.01. The number of halogens is 1. The van der Waals surface area contributed by atoms with Crippen LogP contribution in [-0.2, 0) is 9.59 Å². The third-order valence-electron chi connectivity index (χ3n) is 2.88. The monoisotopic (exact) mass is 354 g/mol. The molecule has 1 saturated heterocycles. The Balaban J connectivity index is 2.27. The molecule has 0 atom stereocenters. The Morgan fingerprint density at radius 3 is 2.58 bits per heavy atom. The fourth-order valence-electron chi connectivity index (χ4n) is 2.11.